The van der Waals surface area contributed by atoms with Crippen LogP contribution >= 0.6 is 22.6 Å². The maximum atomic E-state index is 12.5. The van der Waals surface area contributed by atoms with Crippen molar-refractivity contribution in [1.82, 2.24) is 5.32 Å². The van der Waals surface area contributed by atoms with Crippen molar-refractivity contribution in [3.8, 4) is 0 Å². The van der Waals surface area contributed by atoms with Crippen molar-refractivity contribution in [1.29, 1.82) is 0 Å². The molecule has 1 aliphatic heterocycles. The number of halogens is 1. The van der Waals surface area contributed by atoms with Gasteiger partial charge in [0, 0.05) is 3.57 Å². The number of carbonyl (C=O) groups is 2. The predicted molar refractivity (Wildman–Crippen MR) is 98.2 cm³/mol. The van der Waals surface area contributed by atoms with Gasteiger partial charge in [-0.1, -0.05) is 30.3 Å². The number of hydrogen-bond acceptors (Lipinski definition) is 3. The van der Waals surface area contributed by atoms with Gasteiger partial charge in [0.05, 0.1) is 18.2 Å². The summed E-state index contributed by atoms with van der Waals surface area (Å²) >= 11 is 2.20. The van der Waals surface area contributed by atoms with Crippen molar-refractivity contribution in [2.75, 3.05) is 11.4 Å². The van der Waals surface area contributed by atoms with E-state index in [4.69, 9.17) is 0 Å². The molecular formula is C18H17IN2O2. The minimum Gasteiger partial charge on any atom is -0.305 e. The van der Waals surface area contributed by atoms with E-state index in [1.54, 1.807) is 0 Å². The zero-order valence-electron chi connectivity index (χ0n) is 12.5. The van der Waals surface area contributed by atoms with Crippen molar-refractivity contribution < 1.29 is 9.59 Å². The highest BCUT2D eigenvalue weighted by molar-refractivity contribution is 14.1. The molecule has 0 radical (unpaired) electrons. The van der Waals surface area contributed by atoms with Crippen molar-refractivity contribution in [2.45, 2.75) is 18.9 Å². The van der Waals surface area contributed by atoms with Crippen LogP contribution in [0.5, 0.6) is 0 Å². The molecule has 1 heterocycles. The van der Waals surface area contributed by atoms with E-state index in [0.29, 0.717) is 12.2 Å². The molecule has 3 rings (SSSR count). The molecule has 4 nitrogen and oxygen atoms in total. The lowest BCUT2D eigenvalue weighted by molar-refractivity contribution is -0.121. The molecular weight excluding hydrogens is 403 g/mol. The Labute approximate surface area is 149 Å². The average Bonchev–Trinajstić information content (AvgIpc) is 2.84. The molecule has 2 aromatic carbocycles. The molecule has 5 heteroatoms. The zero-order chi connectivity index (χ0) is 16.2. The summed E-state index contributed by atoms with van der Waals surface area (Å²) in [6.07, 6.45) is 1.06. The number of nitrogens with zero attached hydrogens (tertiary/aromatic N) is 1. The number of anilines is 1. The monoisotopic (exact) mass is 420 g/mol. The van der Waals surface area contributed by atoms with Crippen molar-refractivity contribution >= 4 is 40.1 Å². The van der Waals surface area contributed by atoms with Crippen molar-refractivity contribution in [3.63, 3.8) is 0 Å². The standard InChI is InChI=1S/C18H17IN2O2/c19-14-6-8-15(9-7-14)21-17(22)12-16(18(21)23)20-11-10-13-4-2-1-3-5-13/h1-9,16,20H,10-12H2/t16-/m0/s1. The van der Waals surface area contributed by atoms with Crippen LogP contribution in [-0.4, -0.2) is 24.4 Å². The Morgan fingerprint density at radius 2 is 1.74 bits per heavy atom. The van der Waals surface area contributed by atoms with E-state index in [1.807, 2.05) is 42.5 Å². The zero-order valence-corrected chi connectivity index (χ0v) is 14.7. The van der Waals surface area contributed by atoms with Gasteiger partial charge in [-0.3, -0.25) is 9.59 Å². The Bertz CT molecular complexity index is 701. The second-order valence-electron chi connectivity index (χ2n) is 5.49. The number of nitrogens with one attached hydrogen (secondary N) is 1. The van der Waals surface area contributed by atoms with E-state index in [-0.39, 0.29) is 18.2 Å². The third-order valence-corrected chi connectivity index (χ3v) is 4.60. The van der Waals surface area contributed by atoms with Crippen LogP contribution in [0.3, 0.4) is 0 Å². The fourth-order valence-corrected chi connectivity index (χ4v) is 3.05. The van der Waals surface area contributed by atoms with Gasteiger partial charge in [0.25, 0.3) is 5.91 Å². The van der Waals surface area contributed by atoms with E-state index in [1.165, 1.54) is 10.5 Å². The third kappa shape index (κ3) is 3.79. The van der Waals surface area contributed by atoms with Crippen LogP contribution in [0.1, 0.15) is 12.0 Å². The first kappa shape index (κ1) is 16.1. The van der Waals surface area contributed by atoms with Gasteiger partial charge in [-0.25, -0.2) is 4.90 Å². The number of rotatable bonds is 5. The normalized spacial score (nSPS) is 17.8. The summed E-state index contributed by atoms with van der Waals surface area (Å²) in [5, 5.41) is 3.21. The van der Waals surface area contributed by atoms with Gasteiger partial charge in [0.1, 0.15) is 0 Å². The molecule has 0 bridgehead atoms. The number of amides is 2. The lowest BCUT2D eigenvalue weighted by Crippen LogP contribution is -2.39. The molecule has 0 aliphatic carbocycles. The predicted octanol–water partition coefficient (Wildman–Crippen LogP) is 2.76. The molecule has 0 unspecified atom stereocenters. The smallest absolute Gasteiger partial charge is 0.251 e. The summed E-state index contributed by atoms with van der Waals surface area (Å²) in [5.41, 5.74) is 1.86. The lowest BCUT2D eigenvalue weighted by Gasteiger charge is -2.15. The van der Waals surface area contributed by atoms with Gasteiger partial charge in [-0.15, -0.1) is 0 Å². The third-order valence-electron chi connectivity index (χ3n) is 3.88. The summed E-state index contributed by atoms with van der Waals surface area (Å²) in [6.45, 7) is 0.675. The van der Waals surface area contributed by atoms with E-state index in [0.717, 1.165) is 9.99 Å². The van der Waals surface area contributed by atoms with Crippen molar-refractivity contribution in [3.05, 3.63) is 63.7 Å². The van der Waals surface area contributed by atoms with Crippen LogP contribution in [0.4, 0.5) is 5.69 Å². The first-order chi connectivity index (χ1) is 11.1. The second kappa shape index (κ2) is 7.23. The molecule has 1 aliphatic rings. The average molecular weight is 420 g/mol. The number of hydrogen-bond donors (Lipinski definition) is 1. The van der Waals surface area contributed by atoms with Crippen LogP contribution in [0.25, 0.3) is 0 Å². The van der Waals surface area contributed by atoms with Gasteiger partial charge in [-0.05, 0) is 65.4 Å². The summed E-state index contributed by atoms with van der Waals surface area (Å²) < 4.78 is 1.07. The van der Waals surface area contributed by atoms with Gasteiger partial charge >= 0.3 is 0 Å². The van der Waals surface area contributed by atoms with E-state index < -0.39 is 6.04 Å². The maximum absolute atomic E-state index is 12.5. The minimum absolute atomic E-state index is 0.145. The molecule has 2 aromatic rings. The maximum Gasteiger partial charge on any atom is 0.251 e. The number of imide groups is 1. The first-order valence-corrected chi connectivity index (χ1v) is 8.63. The Balaban J connectivity index is 1.61. The summed E-state index contributed by atoms with van der Waals surface area (Å²) in [7, 11) is 0. The summed E-state index contributed by atoms with van der Waals surface area (Å²) in [5.74, 6) is -0.308. The molecule has 118 valence electrons. The Morgan fingerprint density at radius 3 is 2.43 bits per heavy atom. The van der Waals surface area contributed by atoms with Crippen molar-refractivity contribution in [2.24, 2.45) is 0 Å². The molecule has 1 fully saturated rings. The van der Waals surface area contributed by atoms with E-state index >= 15 is 0 Å². The molecule has 1 atom stereocenters. The fourth-order valence-electron chi connectivity index (χ4n) is 2.69. The van der Waals surface area contributed by atoms with E-state index in [9.17, 15) is 9.59 Å². The molecule has 0 saturated carbocycles. The SMILES string of the molecule is O=C1C[C@H](NCCc2ccccc2)C(=O)N1c1ccc(I)cc1. The summed E-state index contributed by atoms with van der Waals surface area (Å²) in [6, 6.07) is 17.1. The molecule has 0 aromatic heterocycles. The highest BCUT2D eigenvalue weighted by Crippen LogP contribution is 2.23. The minimum atomic E-state index is -0.425. The molecule has 0 spiro atoms. The topological polar surface area (TPSA) is 49.4 Å². The van der Waals surface area contributed by atoms with Crippen LogP contribution in [0.2, 0.25) is 0 Å². The fraction of sp³-hybridized carbons (Fsp3) is 0.222. The lowest BCUT2D eigenvalue weighted by atomic mass is 10.1. The largest absolute Gasteiger partial charge is 0.305 e. The molecule has 1 saturated heterocycles. The Kier molecular flexibility index (Phi) is 5.07. The van der Waals surface area contributed by atoms with Gasteiger partial charge < -0.3 is 5.32 Å². The second-order valence-corrected chi connectivity index (χ2v) is 6.74. The van der Waals surface area contributed by atoms with Crippen LogP contribution in [0, 0.1) is 3.57 Å². The Hall–Kier alpha value is -1.73. The molecule has 1 N–H and O–H groups in total. The first-order valence-electron chi connectivity index (χ1n) is 7.55. The quantitative estimate of drug-likeness (QED) is 0.598. The number of benzene rings is 2. The Morgan fingerprint density at radius 1 is 1.04 bits per heavy atom. The van der Waals surface area contributed by atoms with Gasteiger partial charge in [0.2, 0.25) is 5.91 Å². The summed E-state index contributed by atoms with van der Waals surface area (Å²) in [4.78, 5) is 25.9. The van der Waals surface area contributed by atoms with Gasteiger partial charge in [-0.2, -0.15) is 0 Å². The highest BCUT2D eigenvalue weighted by atomic mass is 127. The van der Waals surface area contributed by atoms with E-state index in [2.05, 4.69) is 40.0 Å². The van der Waals surface area contributed by atoms with Crippen LogP contribution in [-0.2, 0) is 16.0 Å². The molecule has 23 heavy (non-hydrogen) atoms. The molecule has 2 amide bonds. The number of carbonyl (C=O) groups excluding carboxylic acids is 2. The van der Waals surface area contributed by atoms with Crippen LogP contribution < -0.4 is 10.2 Å². The highest BCUT2D eigenvalue weighted by Gasteiger charge is 2.39. The van der Waals surface area contributed by atoms with Crippen LogP contribution in [0.15, 0.2) is 54.6 Å². The van der Waals surface area contributed by atoms with Gasteiger partial charge in [0.15, 0.2) is 0 Å².